The summed E-state index contributed by atoms with van der Waals surface area (Å²) in [5, 5.41) is 11.6. The van der Waals surface area contributed by atoms with E-state index in [4.69, 9.17) is 16.7 Å². The van der Waals surface area contributed by atoms with Gasteiger partial charge < -0.3 is 10.4 Å². The fourth-order valence-electron chi connectivity index (χ4n) is 2.38. The van der Waals surface area contributed by atoms with Crippen molar-refractivity contribution in [2.75, 3.05) is 12.4 Å². The number of aromatic carboxylic acids is 1. The molecule has 0 aromatic heterocycles. The van der Waals surface area contributed by atoms with Crippen molar-refractivity contribution < 1.29 is 9.90 Å². The lowest BCUT2D eigenvalue weighted by atomic mass is 10.1. The predicted molar refractivity (Wildman–Crippen MR) is 105 cm³/mol. The first-order valence-electron chi connectivity index (χ1n) is 7.09. The van der Waals surface area contributed by atoms with Gasteiger partial charge in [-0.1, -0.05) is 45.8 Å². The summed E-state index contributed by atoms with van der Waals surface area (Å²) in [6.45, 7) is 2.19. The summed E-state index contributed by atoms with van der Waals surface area (Å²) in [5.74, 6) is -1.04. The zero-order chi connectivity index (χ0) is 17.7. The zero-order valence-electron chi connectivity index (χ0n) is 12.9. The molecule has 126 valence electrons. The van der Waals surface area contributed by atoms with Crippen molar-refractivity contribution >= 4 is 56.9 Å². The summed E-state index contributed by atoms with van der Waals surface area (Å²) in [5.41, 5.74) is 5.01. The van der Waals surface area contributed by atoms with Crippen LogP contribution in [0.2, 0.25) is 5.02 Å². The summed E-state index contributed by atoms with van der Waals surface area (Å²) < 4.78 is 1.19. The van der Waals surface area contributed by atoms with E-state index in [9.17, 15) is 4.79 Å². The number of carboxylic acids is 1. The van der Waals surface area contributed by atoms with E-state index >= 15 is 0 Å². The van der Waals surface area contributed by atoms with Crippen molar-refractivity contribution in [3.8, 4) is 0 Å². The summed E-state index contributed by atoms with van der Waals surface area (Å²) in [6.07, 6.45) is 0. The number of nitrogens with one attached hydrogen (secondary N) is 1. The van der Waals surface area contributed by atoms with Crippen LogP contribution >= 0.6 is 39.7 Å². The quantitative estimate of drug-likeness (QED) is 0.689. The molecule has 3 rings (SSSR count). The van der Waals surface area contributed by atoms with Crippen LogP contribution in [-0.2, 0) is 13.1 Å². The van der Waals surface area contributed by atoms with Gasteiger partial charge in [0.1, 0.15) is 0 Å². The monoisotopic (exact) mass is 426 g/mol. The summed E-state index contributed by atoms with van der Waals surface area (Å²) in [6, 6.07) is 11.0. The lowest BCUT2D eigenvalue weighted by Crippen LogP contribution is -2.07. The highest BCUT2D eigenvalue weighted by Crippen LogP contribution is 2.24. The molecule has 0 radical (unpaired) electrons. The third-order valence-electron chi connectivity index (χ3n) is 3.47. The van der Waals surface area contributed by atoms with E-state index in [1.54, 1.807) is 6.07 Å². The Morgan fingerprint density at radius 2 is 2.00 bits per heavy atom. The van der Waals surface area contributed by atoms with Crippen LogP contribution in [0.4, 0.5) is 5.69 Å². The van der Waals surface area contributed by atoms with Gasteiger partial charge in [-0.2, -0.15) is 0 Å². The standard InChI is InChI=1S/C9H10BrN.C8H6ClNO2S/c1-11-5-7-2-3-9(10)4-8(7)6-11;9-7-3-5(10-4-13)1-2-6(7)8(11)12/h2-4H,5-6H2,1H3;1-4H,(H,10,13)(H,11,12). The molecule has 0 saturated carbocycles. The summed E-state index contributed by atoms with van der Waals surface area (Å²) in [4.78, 5) is 12.9. The van der Waals surface area contributed by atoms with Crippen molar-refractivity contribution in [1.29, 1.82) is 0 Å². The third-order valence-corrected chi connectivity index (χ3v) is 4.40. The maximum Gasteiger partial charge on any atom is 0.337 e. The largest absolute Gasteiger partial charge is 0.478 e. The van der Waals surface area contributed by atoms with Crippen molar-refractivity contribution in [2.45, 2.75) is 13.1 Å². The number of hydrogen-bond donors (Lipinski definition) is 2. The second-order valence-corrected chi connectivity index (χ2v) is 6.91. The van der Waals surface area contributed by atoms with Crippen molar-refractivity contribution in [3.63, 3.8) is 0 Å². The Labute approximate surface area is 159 Å². The number of nitrogens with zero attached hydrogens (tertiary/aromatic N) is 1. The Morgan fingerprint density at radius 3 is 2.62 bits per heavy atom. The molecule has 1 aliphatic rings. The number of anilines is 1. The van der Waals surface area contributed by atoms with Crippen LogP contribution in [0, 0.1) is 0 Å². The van der Waals surface area contributed by atoms with Gasteiger partial charge in [-0.25, -0.2) is 4.79 Å². The first-order valence-corrected chi connectivity index (χ1v) is 8.74. The third kappa shape index (κ3) is 5.01. The van der Waals surface area contributed by atoms with E-state index in [1.807, 2.05) is 0 Å². The number of rotatable bonds is 3. The van der Waals surface area contributed by atoms with Crippen LogP contribution in [0.1, 0.15) is 21.5 Å². The average Bonchev–Trinajstić information content (AvgIpc) is 2.87. The highest BCUT2D eigenvalue weighted by atomic mass is 79.9. The van der Waals surface area contributed by atoms with Gasteiger partial charge in [-0.3, -0.25) is 4.90 Å². The molecule has 0 bridgehead atoms. The van der Waals surface area contributed by atoms with E-state index in [0.29, 0.717) is 5.69 Å². The average molecular weight is 428 g/mol. The van der Waals surface area contributed by atoms with Crippen LogP contribution < -0.4 is 5.32 Å². The SMILES string of the molecule is CN1Cc2ccc(Br)cc2C1.O=C(O)c1ccc(NC=S)cc1Cl. The fourth-order valence-corrected chi connectivity index (χ4v) is 3.19. The first kappa shape index (κ1) is 18.9. The zero-order valence-corrected chi connectivity index (χ0v) is 16.1. The lowest BCUT2D eigenvalue weighted by Gasteiger charge is -2.02. The number of hydrogen-bond acceptors (Lipinski definition) is 3. The number of halogens is 2. The molecule has 2 aromatic carbocycles. The molecule has 4 nitrogen and oxygen atoms in total. The van der Waals surface area contributed by atoms with Crippen molar-refractivity contribution in [1.82, 2.24) is 4.90 Å². The van der Waals surface area contributed by atoms with Gasteiger partial charge in [-0.15, -0.1) is 0 Å². The molecular formula is C17H16BrClN2O2S. The van der Waals surface area contributed by atoms with Gasteiger partial charge in [0, 0.05) is 23.2 Å². The Morgan fingerprint density at radius 1 is 1.29 bits per heavy atom. The molecular weight excluding hydrogens is 412 g/mol. The van der Waals surface area contributed by atoms with Gasteiger partial charge >= 0.3 is 5.97 Å². The summed E-state index contributed by atoms with van der Waals surface area (Å²) >= 11 is 13.7. The van der Waals surface area contributed by atoms with E-state index in [2.05, 4.69) is 63.6 Å². The summed E-state index contributed by atoms with van der Waals surface area (Å²) in [7, 11) is 2.15. The molecule has 0 saturated heterocycles. The van der Waals surface area contributed by atoms with E-state index in [-0.39, 0.29) is 10.6 Å². The molecule has 1 aliphatic heterocycles. The number of thiocarbonyl (C=S) groups is 1. The smallest absolute Gasteiger partial charge is 0.337 e. The maximum atomic E-state index is 10.6. The number of benzene rings is 2. The topological polar surface area (TPSA) is 52.6 Å². The van der Waals surface area contributed by atoms with E-state index < -0.39 is 5.97 Å². The molecule has 0 amide bonds. The molecule has 0 unspecified atom stereocenters. The minimum Gasteiger partial charge on any atom is -0.478 e. The molecule has 1 heterocycles. The Hall–Kier alpha value is -1.47. The molecule has 2 aromatic rings. The minimum atomic E-state index is -1.04. The van der Waals surface area contributed by atoms with Gasteiger partial charge in [0.15, 0.2) is 0 Å². The molecule has 7 heteroatoms. The molecule has 0 atom stereocenters. The van der Waals surface area contributed by atoms with Gasteiger partial charge in [0.05, 0.1) is 16.1 Å². The molecule has 2 N–H and O–H groups in total. The second-order valence-electron chi connectivity index (χ2n) is 5.35. The van der Waals surface area contributed by atoms with Crippen LogP contribution in [0.15, 0.2) is 40.9 Å². The Bertz CT molecular complexity index is 770. The van der Waals surface area contributed by atoms with Gasteiger partial charge in [0.25, 0.3) is 0 Å². The number of fused-ring (bicyclic) bond motifs is 1. The lowest BCUT2D eigenvalue weighted by molar-refractivity contribution is 0.0697. The first-order chi connectivity index (χ1) is 11.4. The Balaban J connectivity index is 0.000000175. The Kier molecular flexibility index (Phi) is 6.74. The van der Waals surface area contributed by atoms with Crippen molar-refractivity contribution in [2.24, 2.45) is 0 Å². The van der Waals surface area contributed by atoms with E-state index in [0.717, 1.165) is 13.1 Å². The van der Waals surface area contributed by atoms with Crippen LogP contribution in [0.5, 0.6) is 0 Å². The number of carboxylic acid groups (broad SMARTS) is 1. The van der Waals surface area contributed by atoms with Crippen LogP contribution in [0.3, 0.4) is 0 Å². The molecule has 0 spiro atoms. The molecule has 24 heavy (non-hydrogen) atoms. The van der Waals surface area contributed by atoms with Crippen LogP contribution in [0.25, 0.3) is 0 Å². The number of carbonyl (C=O) groups is 1. The van der Waals surface area contributed by atoms with Gasteiger partial charge in [0.2, 0.25) is 0 Å². The van der Waals surface area contributed by atoms with Crippen LogP contribution in [-0.4, -0.2) is 28.5 Å². The second kappa shape index (κ2) is 8.58. The predicted octanol–water partition coefficient (Wildman–Crippen LogP) is 4.80. The highest BCUT2D eigenvalue weighted by molar-refractivity contribution is 9.10. The van der Waals surface area contributed by atoms with Crippen molar-refractivity contribution in [3.05, 3.63) is 62.6 Å². The molecule has 0 aliphatic carbocycles. The maximum absolute atomic E-state index is 10.6. The normalized spacial score (nSPS) is 12.8. The van der Waals surface area contributed by atoms with E-state index in [1.165, 1.54) is 33.2 Å². The molecule has 0 fully saturated rings. The highest BCUT2D eigenvalue weighted by Gasteiger charge is 2.14. The minimum absolute atomic E-state index is 0.0802. The van der Waals surface area contributed by atoms with Gasteiger partial charge in [-0.05, 0) is 48.5 Å². The fraction of sp³-hybridized carbons (Fsp3) is 0.176.